The summed E-state index contributed by atoms with van der Waals surface area (Å²) in [4.78, 5) is 0.909. The van der Waals surface area contributed by atoms with Crippen LogP contribution in [0.15, 0.2) is 29.2 Å². The van der Waals surface area contributed by atoms with Crippen LogP contribution in [0.25, 0.3) is 0 Å². The first-order chi connectivity index (χ1) is 8.01. The van der Waals surface area contributed by atoms with E-state index in [0.29, 0.717) is 5.75 Å². The molecule has 0 aliphatic rings. The molecule has 0 bridgehead atoms. The lowest BCUT2D eigenvalue weighted by atomic mass is 10.2. The first-order valence-electron chi connectivity index (χ1n) is 4.98. The zero-order valence-electron chi connectivity index (χ0n) is 9.04. The van der Waals surface area contributed by atoms with Gasteiger partial charge in [-0.25, -0.2) is 0 Å². The van der Waals surface area contributed by atoms with Crippen LogP contribution in [0.5, 0.6) is 0 Å². The predicted octanol–water partition coefficient (Wildman–Crippen LogP) is 2.85. The van der Waals surface area contributed by atoms with E-state index in [1.165, 1.54) is 11.8 Å². The number of rotatable bonds is 6. The summed E-state index contributed by atoms with van der Waals surface area (Å²) in [5.74, 6) is 0.449. The molecule has 0 aliphatic carbocycles. The second-order valence-electron chi connectivity index (χ2n) is 3.32. The normalized spacial score (nSPS) is 11.8. The Bertz CT molecular complexity index is 342. The fourth-order valence-corrected chi connectivity index (χ4v) is 1.99. The molecule has 0 atom stereocenters. The summed E-state index contributed by atoms with van der Waals surface area (Å²) in [5, 5.41) is 8.90. The van der Waals surface area contributed by atoms with Gasteiger partial charge in [-0.15, -0.1) is 11.8 Å². The number of alkyl halides is 3. The third-order valence-corrected chi connectivity index (χ3v) is 2.80. The van der Waals surface area contributed by atoms with Crippen LogP contribution in [0.2, 0.25) is 0 Å². The Hall–Kier alpha value is -0.720. The maximum absolute atomic E-state index is 11.7. The Kier molecular flexibility index (Phi) is 5.80. The maximum Gasteiger partial charge on any atom is 0.411 e. The van der Waals surface area contributed by atoms with Crippen LogP contribution in [-0.4, -0.2) is 30.2 Å². The summed E-state index contributed by atoms with van der Waals surface area (Å²) < 4.78 is 39.7. The number of hydrogen-bond acceptors (Lipinski definition) is 3. The highest BCUT2D eigenvalue weighted by Crippen LogP contribution is 2.19. The Labute approximate surface area is 102 Å². The summed E-state index contributed by atoms with van der Waals surface area (Å²) in [7, 11) is 0. The molecule has 1 rings (SSSR count). The zero-order valence-corrected chi connectivity index (χ0v) is 9.85. The van der Waals surface area contributed by atoms with Gasteiger partial charge in [0.15, 0.2) is 0 Å². The van der Waals surface area contributed by atoms with Gasteiger partial charge in [-0.1, -0.05) is 12.1 Å². The molecule has 0 saturated carbocycles. The molecule has 1 aromatic carbocycles. The monoisotopic (exact) mass is 266 g/mol. The van der Waals surface area contributed by atoms with Crippen LogP contribution in [0.4, 0.5) is 13.2 Å². The number of aliphatic hydroxyl groups excluding tert-OH is 1. The lowest BCUT2D eigenvalue weighted by Gasteiger charge is -2.07. The van der Waals surface area contributed by atoms with Crippen LogP contribution >= 0.6 is 11.8 Å². The Morgan fingerprint density at radius 2 is 2.06 bits per heavy atom. The maximum atomic E-state index is 11.7. The summed E-state index contributed by atoms with van der Waals surface area (Å²) in [6.07, 6.45) is -4.26. The van der Waals surface area contributed by atoms with Gasteiger partial charge in [-0.2, -0.15) is 13.2 Å². The summed E-state index contributed by atoms with van der Waals surface area (Å²) >= 11 is 1.40. The topological polar surface area (TPSA) is 29.5 Å². The van der Waals surface area contributed by atoms with Crippen molar-refractivity contribution in [3.8, 4) is 0 Å². The first-order valence-corrected chi connectivity index (χ1v) is 5.97. The molecule has 1 N–H and O–H groups in total. The number of aliphatic hydroxyl groups is 1. The Balaban J connectivity index is 2.22. The molecule has 96 valence electrons. The van der Waals surface area contributed by atoms with E-state index in [1.54, 1.807) is 18.2 Å². The summed E-state index contributed by atoms with van der Waals surface area (Å²) in [5.41, 5.74) is 0.784. The van der Waals surface area contributed by atoms with Crippen molar-refractivity contribution in [2.75, 3.05) is 19.0 Å². The molecule has 6 heteroatoms. The Morgan fingerprint density at radius 1 is 1.29 bits per heavy atom. The van der Waals surface area contributed by atoms with Gasteiger partial charge in [-0.3, -0.25) is 0 Å². The molecule has 2 nitrogen and oxygen atoms in total. The number of halogens is 3. The van der Waals surface area contributed by atoms with E-state index in [0.717, 1.165) is 10.5 Å². The van der Waals surface area contributed by atoms with Crippen molar-refractivity contribution in [2.45, 2.75) is 17.7 Å². The molecule has 0 aromatic heterocycles. The van der Waals surface area contributed by atoms with Gasteiger partial charge >= 0.3 is 6.18 Å². The van der Waals surface area contributed by atoms with E-state index in [2.05, 4.69) is 4.74 Å². The van der Waals surface area contributed by atoms with Crippen molar-refractivity contribution in [3.05, 3.63) is 29.8 Å². The van der Waals surface area contributed by atoms with Gasteiger partial charge in [0.2, 0.25) is 0 Å². The molecule has 0 fully saturated rings. The van der Waals surface area contributed by atoms with Crippen molar-refractivity contribution in [1.29, 1.82) is 0 Å². The van der Waals surface area contributed by atoms with Gasteiger partial charge in [-0.05, 0) is 17.7 Å². The number of thioether (sulfide) groups is 1. The number of hydrogen-bond donors (Lipinski definition) is 1. The van der Waals surface area contributed by atoms with Gasteiger partial charge < -0.3 is 9.84 Å². The van der Waals surface area contributed by atoms with Crippen LogP contribution < -0.4 is 0 Å². The molecule has 0 spiro atoms. The number of ether oxygens (including phenoxy) is 1. The van der Waals surface area contributed by atoms with Gasteiger partial charge in [0.05, 0.1) is 13.2 Å². The second kappa shape index (κ2) is 6.88. The van der Waals surface area contributed by atoms with E-state index in [-0.39, 0.29) is 13.2 Å². The van der Waals surface area contributed by atoms with E-state index in [4.69, 9.17) is 5.11 Å². The lowest BCUT2D eigenvalue weighted by molar-refractivity contribution is -0.172. The second-order valence-corrected chi connectivity index (χ2v) is 4.49. The van der Waals surface area contributed by atoms with Gasteiger partial charge in [0.25, 0.3) is 0 Å². The molecule has 1 aromatic rings. The summed E-state index contributed by atoms with van der Waals surface area (Å²) in [6, 6.07) is 7.22. The fraction of sp³-hybridized carbons (Fsp3) is 0.455. The van der Waals surface area contributed by atoms with E-state index in [1.807, 2.05) is 6.07 Å². The first kappa shape index (κ1) is 14.3. The molecule has 0 heterocycles. The molecule has 0 saturated heterocycles. The highest BCUT2D eigenvalue weighted by atomic mass is 32.2. The minimum absolute atomic E-state index is 0.0427. The third kappa shape index (κ3) is 6.55. The summed E-state index contributed by atoms with van der Waals surface area (Å²) in [6.45, 7) is -1.20. The number of benzene rings is 1. The zero-order chi connectivity index (χ0) is 12.7. The largest absolute Gasteiger partial charge is 0.411 e. The minimum Gasteiger partial charge on any atom is -0.392 e. The lowest BCUT2D eigenvalue weighted by Crippen LogP contribution is -2.17. The SMILES string of the molecule is OCc1cccc(SCCOCC(F)(F)F)c1. The molecule has 0 aliphatic heterocycles. The van der Waals surface area contributed by atoms with Crippen molar-refractivity contribution >= 4 is 11.8 Å². The van der Waals surface area contributed by atoms with E-state index >= 15 is 0 Å². The van der Waals surface area contributed by atoms with Crippen LogP contribution in [0.3, 0.4) is 0 Å². The van der Waals surface area contributed by atoms with Crippen molar-refractivity contribution < 1.29 is 23.0 Å². The standard InChI is InChI=1S/C11H13F3O2S/c12-11(13,14)8-16-4-5-17-10-3-1-2-9(6-10)7-15/h1-3,6,15H,4-5,7-8H2. The predicted molar refractivity (Wildman–Crippen MR) is 60.0 cm³/mol. The third-order valence-electron chi connectivity index (χ3n) is 1.84. The van der Waals surface area contributed by atoms with Crippen molar-refractivity contribution in [3.63, 3.8) is 0 Å². The van der Waals surface area contributed by atoms with Crippen LogP contribution in [0.1, 0.15) is 5.56 Å². The Morgan fingerprint density at radius 3 is 2.71 bits per heavy atom. The average Bonchev–Trinajstić information content (AvgIpc) is 2.27. The van der Waals surface area contributed by atoms with Gasteiger partial charge in [0, 0.05) is 10.6 Å². The molecule has 0 amide bonds. The van der Waals surface area contributed by atoms with Crippen LogP contribution in [0, 0.1) is 0 Å². The van der Waals surface area contributed by atoms with Crippen molar-refractivity contribution in [1.82, 2.24) is 0 Å². The molecular formula is C11H13F3O2S. The molecule has 0 radical (unpaired) electrons. The molecule has 0 unspecified atom stereocenters. The van der Waals surface area contributed by atoms with E-state index in [9.17, 15) is 13.2 Å². The average molecular weight is 266 g/mol. The van der Waals surface area contributed by atoms with Gasteiger partial charge in [0.1, 0.15) is 6.61 Å². The van der Waals surface area contributed by atoms with E-state index < -0.39 is 12.8 Å². The highest BCUT2D eigenvalue weighted by Gasteiger charge is 2.27. The van der Waals surface area contributed by atoms with Crippen molar-refractivity contribution in [2.24, 2.45) is 0 Å². The molecule has 17 heavy (non-hydrogen) atoms. The minimum atomic E-state index is -4.26. The highest BCUT2D eigenvalue weighted by molar-refractivity contribution is 7.99. The smallest absolute Gasteiger partial charge is 0.392 e. The fourth-order valence-electron chi connectivity index (χ4n) is 1.14. The van der Waals surface area contributed by atoms with Crippen LogP contribution in [-0.2, 0) is 11.3 Å². The quantitative estimate of drug-likeness (QED) is 0.634. The molecular weight excluding hydrogens is 253 g/mol.